The van der Waals surface area contributed by atoms with E-state index in [4.69, 9.17) is 9.47 Å². The third kappa shape index (κ3) is 5.12. The van der Waals surface area contributed by atoms with Crippen LogP contribution in [0, 0.1) is 6.92 Å². The fourth-order valence-corrected chi connectivity index (χ4v) is 5.90. The van der Waals surface area contributed by atoms with E-state index in [0.29, 0.717) is 23.5 Å². The topological polar surface area (TPSA) is 98.8 Å². The summed E-state index contributed by atoms with van der Waals surface area (Å²) in [6.07, 6.45) is 0.417. The third-order valence-electron chi connectivity index (χ3n) is 4.97. The fraction of sp³-hybridized carbons (Fsp3) is 0.217. The Hall–Kier alpha value is -2.88. The third-order valence-corrected chi connectivity index (χ3v) is 8.34. The first-order valence-electron chi connectivity index (χ1n) is 9.80. The van der Waals surface area contributed by atoms with Crippen molar-refractivity contribution >= 4 is 19.9 Å². The average Bonchev–Trinajstić information content (AvgIpc) is 2.79. The zero-order valence-corrected chi connectivity index (χ0v) is 19.7. The highest BCUT2D eigenvalue weighted by Crippen LogP contribution is 2.28. The van der Waals surface area contributed by atoms with Crippen LogP contribution < -0.4 is 14.2 Å². The molecule has 0 heterocycles. The second-order valence-electron chi connectivity index (χ2n) is 7.08. The molecule has 0 bridgehead atoms. The molecule has 0 radical (unpaired) electrons. The van der Waals surface area contributed by atoms with E-state index in [1.165, 1.54) is 37.4 Å². The molecule has 0 unspecified atom stereocenters. The van der Waals surface area contributed by atoms with E-state index in [1.54, 1.807) is 44.4 Å². The zero-order chi connectivity index (χ0) is 23.4. The van der Waals surface area contributed by atoms with Gasteiger partial charge in [-0.25, -0.2) is 21.6 Å². The molecule has 0 aliphatic carbocycles. The summed E-state index contributed by atoms with van der Waals surface area (Å²) in [4.78, 5) is -0.0370. The summed E-state index contributed by atoms with van der Waals surface area (Å²) < 4.78 is 64.7. The molecular formula is C23H25NO6S2. The lowest BCUT2D eigenvalue weighted by Crippen LogP contribution is -2.27. The molecule has 0 aliphatic rings. The lowest BCUT2D eigenvalue weighted by Gasteiger charge is -2.13. The van der Waals surface area contributed by atoms with Gasteiger partial charge in [0.2, 0.25) is 19.9 Å². The van der Waals surface area contributed by atoms with E-state index in [9.17, 15) is 16.8 Å². The van der Waals surface area contributed by atoms with Crippen LogP contribution in [0.15, 0.2) is 81.4 Å². The Morgan fingerprint density at radius 2 is 1.47 bits per heavy atom. The van der Waals surface area contributed by atoms with E-state index < -0.39 is 19.9 Å². The van der Waals surface area contributed by atoms with Gasteiger partial charge in [0.25, 0.3) is 0 Å². The Balaban J connectivity index is 1.81. The minimum Gasteiger partial charge on any atom is -0.493 e. The minimum absolute atomic E-state index is 0.0678. The number of sulfone groups is 1. The molecule has 3 aromatic rings. The zero-order valence-electron chi connectivity index (χ0n) is 18.0. The van der Waals surface area contributed by atoms with Crippen molar-refractivity contribution < 1.29 is 26.3 Å². The molecule has 0 saturated carbocycles. The molecule has 9 heteroatoms. The van der Waals surface area contributed by atoms with Gasteiger partial charge in [-0.3, -0.25) is 0 Å². The first-order valence-corrected chi connectivity index (χ1v) is 12.8. The van der Waals surface area contributed by atoms with Gasteiger partial charge in [0.1, 0.15) is 0 Å². The first-order chi connectivity index (χ1) is 15.2. The van der Waals surface area contributed by atoms with Gasteiger partial charge < -0.3 is 9.47 Å². The number of ether oxygens (including phenoxy) is 2. The number of aryl methyl sites for hydroxylation is 1. The van der Waals surface area contributed by atoms with Crippen molar-refractivity contribution in [2.75, 3.05) is 20.8 Å². The molecule has 7 nitrogen and oxygen atoms in total. The molecule has 0 aromatic heterocycles. The second-order valence-corrected chi connectivity index (χ2v) is 10.8. The standard InChI is InChI=1S/C23H25NO6S2/c1-17-9-11-20(31(25,26)19-7-5-4-6-8-19)16-23(17)32(27,28)24-14-13-18-10-12-21(29-2)22(15-18)30-3/h4-12,15-16,24H,13-14H2,1-3H3. The molecule has 0 fully saturated rings. The number of hydrogen-bond donors (Lipinski definition) is 1. The average molecular weight is 476 g/mol. The molecular weight excluding hydrogens is 450 g/mol. The van der Waals surface area contributed by atoms with E-state index in [-0.39, 0.29) is 21.2 Å². The molecule has 0 atom stereocenters. The molecule has 1 N–H and O–H groups in total. The maximum atomic E-state index is 12.9. The van der Waals surface area contributed by atoms with Gasteiger partial charge in [-0.1, -0.05) is 30.3 Å². The molecule has 0 spiro atoms. The van der Waals surface area contributed by atoms with E-state index in [0.717, 1.165) is 5.56 Å². The highest BCUT2D eigenvalue weighted by Gasteiger charge is 2.23. The molecule has 0 aliphatic heterocycles. The Kier molecular flexibility index (Phi) is 7.22. The maximum Gasteiger partial charge on any atom is 0.240 e. The van der Waals surface area contributed by atoms with Crippen molar-refractivity contribution in [2.45, 2.75) is 28.0 Å². The quantitative estimate of drug-likeness (QED) is 0.510. The van der Waals surface area contributed by atoms with Crippen LogP contribution in [0.4, 0.5) is 0 Å². The van der Waals surface area contributed by atoms with Crippen LogP contribution in [0.2, 0.25) is 0 Å². The van der Waals surface area contributed by atoms with Crippen LogP contribution >= 0.6 is 0 Å². The minimum atomic E-state index is -3.92. The van der Waals surface area contributed by atoms with Gasteiger partial charge in [0, 0.05) is 6.54 Å². The number of nitrogens with one attached hydrogen (secondary N) is 1. The largest absolute Gasteiger partial charge is 0.493 e. The van der Waals surface area contributed by atoms with Crippen LogP contribution in [-0.4, -0.2) is 37.6 Å². The molecule has 3 aromatic carbocycles. The van der Waals surface area contributed by atoms with E-state index >= 15 is 0 Å². The highest BCUT2D eigenvalue weighted by molar-refractivity contribution is 7.91. The van der Waals surface area contributed by atoms with Gasteiger partial charge in [0.05, 0.1) is 28.9 Å². The number of benzene rings is 3. The summed E-state index contributed by atoms with van der Waals surface area (Å²) in [6.45, 7) is 1.76. The van der Waals surface area contributed by atoms with E-state index in [1.807, 2.05) is 6.07 Å². The predicted octanol–water partition coefficient (Wildman–Crippen LogP) is 3.37. The molecule has 32 heavy (non-hydrogen) atoms. The summed E-state index contributed by atoms with van der Waals surface area (Å²) in [5.41, 5.74) is 1.32. The lowest BCUT2D eigenvalue weighted by atomic mass is 10.1. The smallest absolute Gasteiger partial charge is 0.240 e. The van der Waals surface area contributed by atoms with Crippen molar-refractivity contribution in [3.63, 3.8) is 0 Å². The molecule has 3 rings (SSSR count). The maximum absolute atomic E-state index is 12.9. The predicted molar refractivity (Wildman–Crippen MR) is 122 cm³/mol. The van der Waals surface area contributed by atoms with Crippen molar-refractivity contribution in [1.29, 1.82) is 0 Å². The second kappa shape index (κ2) is 9.72. The summed E-state index contributed by atoms with van der Waals surface area (Å²) in [7, 11) is -4.69. The van der Waals surface area contributed by atoms with E-state index in [2.05, 4.69) is 4.72 Å². The number of hydrogen-bond acceptors (Lipinski definition) is 6. The summed E-state index contributed by atoms with van der Waals surface area (Å²) in [5, 5.41) is 0. The molecule has 0 amide bonds. The van der Waals surface area contributed by atoms with Gasteiger partial charge in [-0.15, -0.1) is 0 Å². The van der Waals surface area contributed by atoms with Crippen LogP contribution in [-0.2, 0) is 26.3 Å². The van der Waals surface area contributed by atoms with Gasteiger partial charge >= 0.3 is 0 Å². The number of methoxy groups -OCH3 is 2. The van der Waals surface area contributed by atoms with Crippen molar-refractivity contribution in [3.05, 3.63) is 77.9 Å². The number of rotatable bonds is 9. The van der Waals surface area contributed by atoms with Crippen molar-refractivity contribution in [2.24, 2.45) is 0 Å². The number of sulfonamides is 1. The lowest BCUT2D eigenvalue weighted by molar-refractivity contribution is 0.354. The summed E-state index contributed by atoms with van der Waals surface area (Å²) in [5.74, 6) is 1.14. The Labute approximate surface area is 189 Å². The van der Waals surface area contributed by atoms with Crippen molar-refractivity contribution in [3.8, 4) is 11.5 Å². The Bertz CT molecular complexity index is 1300. The SMILES string of the molecule is COc1ccc(CCNS(=O)(=O)c2cc(S(=O)(=O)c3ccccc3)ccc2C)cc1OC. The van der Waals surface area contributed by atoms with Crippen LogP contribution in [0.1, 0.15) is 11.1 Å². The monoisotopic (exact) mass is 475 g/mol. The molecule has 0 saturated heterocycles. The van der Waals surface area contributed by atoms with Crippen LogP contribution in [0.5, 0.6) is 11.5 Å². The van der Waals surface area contributed by atoms with Gasteiger partial charge in [-0.05, 0) is 60.9 Å². The molecule has 170 valence electrons. The van der Waals surface area contributed by atoms with Crippen LogP contribution in [0.3, 0.4) is 0 Å². The Morgan fingerprint density at radius 1 is 0.781 bits per heavy atom. The van der Waals surface area contributed by atoms with Crippen LogP contribution in [0.25, 0.3) is 0 Å². The first kappa shape index (κ1) is 23.8. The highest BCUT2D eigenvalue weighted by atomic mass is 32.2. The fourth-order valence-electron chi connectivity index (χ4n) is 3.22. The normalized spacial score (nSPS) is 11.8. The summed E-state index contributed by atoms with van der Waals surface area (Å²) in [6, 6.07) is 17.4. The summed E-state index contributed by atoms with van der Waals surface area (Å²) >= 11 is 0. The van der Waals surface area contributed by atoms with Gasteiger partial charge in [0.15, 0.2) is 11.5 Å². The Morgan fingerprint density at radius 3 is 2.12 bits per heavy atom. The van der Waals surface area contributed by atoms with Crippen molar-refractivity contribution in [1.82, 2.24) is 4.72 Å². The van der Waals surface area contributed by atoms with Gasteiger partial charge in [-0.2, -0.15) is 0 Å².